The molecule has 1 aromatic rings. The van der Waals surface area contributed by atoms with Gasteiger partial charge < -0.3 is 25.4 Å². The van der Waals surface area contributed by atoms with Crippen LogP contribution in [0.3, 0.4) is 0 Å². The summed E-state index contributed by atoms with van der Waals surface area (Å²) in [5.41, 5.74) is 0.523. The lowest BCUT2D eigenvalue weighted by Gasteiger charge is -2.35. The molecular formula is C28H47N3O5. The van der Waals surface area contributed by atoms with Gasteiger partial charge in [0, 0.05) is 13.1 Å². The molecule has 3 amide bonds. The SMILES string of the molecule is CCCCCNC(=O)C(c1ccc(O)c(C)c1)N(CCC)C(=O)C(CC(C)C)NC(=O)OC(C)(C)C. The first-order chi connectivity index (χ1) is 16.8. The van der Waals surface area contributed by atoms with Crippen molar-refractivity contribution < 1.29 is 24.2 Å². The zero-order valence-electron chi connectivity index (χ0n) is 23.4. The molecule has 2 atom stereocenters. The van der Waals surface area contributed by atoms with Gasteiger partial charge in [0.1, 0.15) is 23.4 Å². The van der Waals surface area contributed by atoms with E-state index in [1.54, 1.807) is 50.8 Å². The number of nitrogens with one attached hydrogen (secondary N) is 2. The molecular weight excluding hydrogens is 458 g/mol. The summed E-state index contributed by atoms with van der Waals surface area (Å²) in [5.74, 6) is -0.373. The Hall–Kier alpha value is -2.77. The molecule has 1 aromatic carbocycles. The second kappa shape index (κ2) is 14.7. The summed E-state index contributed by atoms with van der Waals surface area (Å²) in [4.78, 5) is 41.6. The third-order valence-electron chi connectivity index (χ3n) is 5.62. The van der Waals surface area contributed by atoms with E-state index < -0.39 is 23.8 Å². The number of carbonyl (C=O) groups is 3. The number of phenols is 1. The number of phenolic OH excluding ortho intramolecular Hbond substituents is 1. The molecule has 1 rings (SSSR count). The van der Waals surface area contributed by atoms with Gasteiger partial charge in [-0.05, 0) is 76.1 Å². The van der Waals surface area contributed by atoms with E-state index in [0.717, 1.165) is 19.3 Å². The molecule has 0 heterocycles. The number of nitrogens with zero attached hydrogens (tertiary/aromatic N) is 1. The zero-order chi connectivity index (χ0) is 27.5. The van der Waals surface area contributed by atoms with Gasteiger partial charge in [-0.15, -0.1) is 0 Å². The summed E-state index contributed by atoms with van der Waals surface area (Å²) >= 11 is 0. The maximum Gasteiger partial charge on any atom is 0.408 e. The number of ether oxygens (including phenoxy) is 1. The lowest BCUT2D eigenvalue weighted by molar-refractivity contribution is -0.142. The minimum absolute atomic E-state index is 0.120. The van der Waals surface area contributed by atoms with E-state index in [2.05, 4.69) is 17.6 Å². The average Bonchev–Trinajstić information content (AvgIpc) is 2.76. The van der Waals surface area contributed by atoms with Gasteiger partial charge in [-0.25, -0.2) is 4.79 Å². The average molecular weight is 506 g/mol. The van der Waals surface area contributed by atoms with Crippen LogP contribution in [0.2, 0.25) is 0 Å². The minimum atomic E-state index is -0.895. The molecule has 0 bridgehead atoms. The molecule has 0 aliphatic heterocycles. The Morgan fingerprint density at radius 3 is 2.28 bits per heavy atom. The van der Waals surface area contributed by atoms with Gasteiger partial charge in [0.05, 0.1) is 0 Å². The van der Waals surface area contributed by atoms with Crippen LogP contribution in [0.1, 0.15) is 97.7 Å². The van der Waals surface area contributed by atoms with E-state index in [1.165, 1.54) is 0 Å². The van der Waals surface area contributed by atoms with Crippen LogP contribution < -0.4 is 10.6 Å². The number of aromatic hydroxyl groups is 1. The Labute approximate surface area is 217 Å². The number of rotatable bonds is 13. The molecule has 0 aromatic heterocycles. The van der Waals surface area contributed by atoms with E-state index in [4.69, 9.17) is 4.74 Å². The fraction of sp³-hybridized carbons (Fsp3) is 0.679. The highest BCUT2D eigenvalue weighted by Crippen LogP contribution is 2.28. The molecule has 8 nitrogen and oxygen atoms in total. The second-order valence-corrected chi connectivity index (χ2v) is 10.8. The van der Waals surface area contributed by atoms with Crippen LogP contribution >= 0.6 is 0 Å². The van der Waals surface area contributed by atoms with E-state index in [1.807, 2.05) is 20.8 Å². The Balaban J connectivity index is 3.40. The second-order valence-electron chi connectivity index (χ2n) is 10.8. The number of aryl methyl sites for hydroxylation is 1. The number of alkyl carbamates (subject to hydrolysis) is 1. The fourth-order valence-electron chi connectivity index (χ4n) is 3.96. The van der Waals surface area contributed by atoms with Crippen molar-refractivity contribution in [2.75, 3.05) is 13.1 Å². The maximum atomic E-state index is 13.9. The van der Waals surface area contributed by atoms with Crippen molar-refractivity contribution >= 4 is 17.9 Å². The van der Waals surface area contributed by atoms with Gasteiger partial charge in [-0.1, -0.05) is 46.6 Å². The summed E-state index contributed by atoms with van der Waals surface area (Å²) in [6.45, 7) is 15.9. The summed E-state index contributed by atoms with van der Waals surface area (Å²) < 4.78 is 5.41. The highest BCUT2D eigenvalue weighted by atomic mass is 16.6. The molecule has 36 heavy (non-hydrogen) atoms. The molecule has 204 valence electrons. The van der Waals surface area contributed by atoms with Crippen LogP contribution in [0.15, 0.2) is 18.2 Å². The topological polar surface area (TPSA) is 108 Å². The Bertz CT molecular complexity index is 863. The highest BCUT2D eigenvalue weighted by Gasteiger charge is 2.36. The molecule has 0 aliphatic carbocycles. The third kappa shape index (κ3) is 10.5. The summed E-state index contributed by atoms with van der Waals surface area (Å²) in [6, 6.07) is 3.21. The molecule has 0 spiro atoms. The Morgan fingerprint density at radius 1 is 1.08 bits per heavy atom. The van der Waals surface area contributed by atoms with Gasteiger partial charge in [0.2, 0.25) is 11.8 Å². The lowest BCUT2D eigenvalue weighted by atomic mass is 9.98. The summed E-state index contributed by atoms with van der Waals surface area (Å²) in [5, 5.41) is 15.8. The van der Waals surface area contributed by atoms with Gasteiger partial charge >= 0.3 is 6.09 Å². The first-order valence-electron chi connectivity index (χ1n) is 13.2. The highest BCUT2D eigenvalue weighted by molar-refractivity contribution is 5.92. The summed E-state index contributed by atoms with van der Waals surface area (Å²) in [7, 11) is 0. The molecule has 3 N–H and O–H groups in total. The van der Waals surface area contributed by atoms with Crippen LogP contribution in [-0.4, -0.2) is 52.6 Å². The van der Waals surface area contributed by atoms with Gasteiger partial charge in [-0.2, -0.15) is 0 Å². The number of amides is 3. The quantitative estimate of drug-likeness (QED) is 0.318. The lowest BCUT2D eigenvalue weighted by Crippen LogP contribution is -2.53. The van der Waals surface area contributed by atoms with Crippen LogP contribution in [0, 0.1) is 12.8 Å². The van der Waals surface area contributed by atoms with Crippen LogP contribution in [0.25, 0.3) is 0 Å². The van der Waals surface area contributed by atoms with E-state index >= 15 is 0 Å². The number of benzene rings is 1. The standard InChI is InChI=1S/C28H47N3O5/c1-9-11-12-15-29-25(33)24(21-13-14-23(32)20(5)18-21)31(16-10-2)26(34)22(17-19(3)4)30-27(35)36-28(6,7)8/h13-14,18-19,22,24,32H,9-12,15-17H2,1-8H3,(H,29,33)(H,30,35). The molecule has 2 unspecified atom stereocenters. The van der Waals surface area contributed by atoms with Gasteiger partial charge in [0.25, 0.3) is 0 Å². The van der Waals surface area contributed by atoms with Crippen LogP contribution in [0.4, 0.5) is 4.79 Å². The third-order valence-corrected chi connectivity index (χ3v) is 5.62. The normalized spacial score (nSPS) is 13.1. The number of unbranched alkanes of at least 4 members (excludes halogenated alkanes) is 2. The fourth-order valence-corrected chi connectivity index (χ4v) is 3.96. The predicted molar refractivity (Wildman–Crippen MR) is 143 cm³/mol. The monoisotopic (exact) mass is 505 g/mol. The van der Waals surface area contributed by atoms with Crippen molar-refractivity contribution in [1.82, 2.24) is 15.5 Å². The van der Waals surface area contributed by atoms with Crippen molar-refractivity contribution in [3.8, 4) is 5.75 Å². The van der Waals surface area contributed by atoms with Crippen molar-refractivity contribution in [3.05, 3.63) is 29.3 Å². The molecule has 0 aliphatic rings. The molecule has 8 heteroatoms. The summed E-state index contributed by atoms with van der Waals surface area (Å²) in [6.07, 6.45) is 3.24. The Morgan fingerprint density at radius 2 is 1.75 bits per heavy atom. The zero-order valence-corrected chi connectivity index (χ0v) is 23.4. The van der Waals surface area contributed by atoms with Gasteiger partial charge in [-0.3, -0.25) is 9.59 Å². The van der Waals surface area contributed by atoms with Crippen LogP contribution in [-0.2, 0) is 14.3 Å². The van der Waals surface area contributed by atoms with Crippen molar-refractivity contribution in [2.24, 2.45) is 5.92 Å². The van der Waals surface area contributed by atoms with Gasteiger partial charge in [0.15, 0.2) is 0 Å². The number of hydrogen-bond donors (Lipinski definition) is 3. The van der Waals surface area contributed by atoms with E-state index in [-0.39, 0.29) is 23.5 Å². The minimum Gasteiger partial charge on any atom is -0.508 e. The van der Waals surface area contributed by atoms with E-state index in [0.29, 0.717) is 37.1 Å². The van der Waals surface area contributed by atoms with Crippen molar-refractivity contribution in [1.29, 1.82) is 0 Å². The Kier molecular flexibility index (Phi) is 12.8. The largest absolute Gasteiger partial charge is 0.508 e. The molecule has 0 saturated carbocycles. The van der Waals surface area contributed by atoms with E-state index in [9.17, 15) is 19.5 Å². The van der Waals surface area contributed by atoms with Crippen molar-refractivity contribution in [3.63, 3.8) is 0 Å². The smallest absolute Gasteiger partial charge is 0.408 e. The van der Waals surface area contributed by atoms with Crippen LogP contribution in [0.5, 0.6) is 5.75 Å². The van der Waals surface area contributed by atoms with Crippen molar-refractivity contribution in [2.45, 2.75) is 105 Å². The predicted octanol–water partition coefficient (Wildman–Crippen LogP) is 5.23. The first-order valence-corrected chi connectivity index (χ1v) is 13.2. The molecule has 0 saturated heterocycles. The molecule has 0 radical (unpaired) electrons. The number of carbonyl (C=O) groups excluding carboxylic acids is 3. The first kappa shape index (κ1) is 31.3. The number of hydrogen-bond acceptors (Lipinski definition) is 5. The molecule has 0 fully saturated rings. The maximum absolute atomic E-state index is 13.9.